The molecule has 4 heterocycles. The lowest BCUT2D eigenvalue weighted by molar-refractivity contribution is -0.772. The maximum Gasteiger partial charge on any atom is 0.306 e. The number of rotatable bonds is 8. The molecule has 1 aromatic carbocycles. The van der Waals surface area contributed by atoms with E-state index in [4.69, 9.17) is 40.5 Å². The summed E-state index contributed by atoms with van der Waals surface area (Å²) in [6.45, 7) is 1.59. The SMILES string of the molecule is Cc1ncc2c(c1[C@]13OC[C@H](OC(=O)CCC(=O)O)[C@H]1OC[C@@H]3O[N+](=O)[O-])COC2c1ccc(Cl)cc1. The van der Waals surface area contributed by atoms with Gasteiger partial charge in [0.25, 0.3) is 5.09 Å². The van der Waals surface area contributed by atoms with Gasteiger partial charge in [-0.05, 0) is 30.2 Å². The second kappa shape index (κ2) is 9.86. The molecule has 3 aliphatic heterocycles. The number of carbonyl (C=O) groups excluding carboxylic acids is 1. The van der Waals surface area contributed by atoms with Crippen molar-refractivity contribution in [3.8, 4) is 0 Å². The Bertz CT molecular complexity index is 1240. The van der Waals surface area contributed by atoms with E-state index in [1.807, 2.05) is 12.1 Å². The highest BCUT2D eigenvalue weighted by molar-refractivity contribution is 6.30. The highest BCUT2D eigenvalue weighted by atomic mass is 35.5. The summed E-state index contributed by atoms with van der Waals surface area (Å²) in [5, 5.41) is 19.9. The molecule has 2 saturated heterocycles. The first-order valence-electron chi connectivity index (χ1n) is 11.5. The van der Waals surface area contributed by atoms with E-state index in [-0.39, 0.29) is 26.2 Å². The summed E-state index contributed by atoms with van der Waals surface area (Å²) in [5.74, 6) is -1.88. The van der Waals surface area contributed by atoms with Crippen molar-refractivity contribution in [2.24, 2.45) is 0 Å². The standard InChI is InChI=1S/C24H23ClN2O10/c1-12-21(16-9-33-22(15(16)8-26-12)13-2-4-14(25)5-3-13)24-18(37-27(31)32)11-34-23(24)17(10-35-24)36-20(30)7-6-19(28)29/h2-5,8,17-18,22-23H,6-7,9-11H2,1H3,(H,28,29)/t17-,18-,22?,23+,24-/m0/s1. The molecule has 5 rings (SSSR count). The zero-order valence-electron chi connectivity index (χ0n) is 19.6. The topological polar surface area (TPSA) is 157 Å². The first-order valence-corrected chi connectivity index (χ1v) is 11.9. The van der Waals surface area contributed by atoms with Crippen molar-refractivity contribution < 1.29 is 43.6 Å². The molecule has 0 bridgehead atoms. The van der Waals surface area contributed by atoms with Gasteiger partial charge in [0.05, 0.1) is 32.7 Å². The summed E-state index contributed by atoms with van der Waals surface area (Å²) in [6.07, 6.45) is -2.54. The van der Waals surface area contributed by atoms with Crippen LogP contribution in [-0.2, 0) is 45.6 Å². The average Bonchev–Trinajstić information content (AvgIpc) is 3.52. The number of carboxylic acids is 1. The van der Waals surface area contributed by atoms with E-state index in [1.54, 1.807) is 25.3 Å². The number of esters is 1. The molecule has 13 heteroatoms. The molecule has 0 saturated carbocycles. The third kappa shape index (κ3) is 4.50. The molecule has 0 amide bonds. The van der Waals surface area contributed by atoms with Crippen molar-refractivity contribution >= 4 is 23.5 Å². The fourth-order valence-electron chi connectivity index (χ4n) is 5.35. The van der Waals surface area contributed by atoms with Crippen molar-refractivity contribution in [1.29, 1.82) is 0 Å². The van der Waals surface area contributed by atoms with Crippen LogP contribution in [0.5, 0.6) is 0 Å². The Labute approximate surface area is 215 Å². The predicted octanol–water partition coefficient (Wildman–Crippen LogP) is 2.64. The molecule has 1 aromatic heterocycles. The van der Waals surface area contributed by atoms with Gasteiger partial charge in [0.2, 0.25) is 0 Å². The molecule has 5 atom stereocenters. The number of ether oxygens (including phenoxy) is 4. The highest BCUT2D eigenvalue weighted by Gasteiger charge is 2.65. The van der Waals surface area contributed by atoms with Crippen LogP contribution in [0.1, 0.15) is 46.9 Å². The number of nitrogens with zero attached hydrogens (tertiary/aromatic N) is 2. The maximum atomic E-state index is 12.3. The Morgan fingerprint density at radius 1 is 1.24 bits per heavy atom. The molecule has 3 aliphatic rings. The third-order valence-corrected chi connectivity index (χ3v) is 7.09. The van der Waals surface area contributed by atoms with Gasteiger partial charge in [0, 0.05) is 28.0 Å². The number of pyridine rings is 1. The molecule has 2 aromatic rings. The number of hydrogen-bond acceptors (Lipinski definition) is 10. The lowest BCUT2D eigenvalue weighted by Gasteiger charge is -2.34. The van der Waals surface area contributed by atoms with Crippen LogP contribution in [0.15, 0.2) is 30.5 Å². The molecule has 12 nitrogen and oxygen atoms in total. The van der Waals surface area contributed by atoms with Crippen LogP contribution >= 0.6 is 11.6 Å². The Kier molecular flexibility index (Phi) is 6.75. The van der Waals surface area contributed by atoms with Gasteiger partial charge < -0.3 is 28.9 Å². The molecule has 196 valence electrons. The molecule has 1 N–H and O–H groups in total. The molecule has 37 heavy (non-hydrogen) atoms. The fraction of sp³-hybridized carbons (Fsp3) is 0.458. The van der Waals surface area contributed by atoms with Crippen molar-refractivity contribution in [3.05, 3.63) is 73.5 Å². The quantitative estimate of drug-likeness (QED) is 0.301. The first kappa shape index (κ1) is 25.3. The normalized spacial score (nSPS) is 27.9. The molecule has 0 aliphatic carbocycles. The van der Waals surface area contributed by atoms with Crippen molar-refractivity contribution in [1.82, 2.24) is 4.98 Å². The fourth-order valence-corrected chi connectivity index (χ4v) is 5.48. The number of fused-ring (bicyclic) bond motifs is 2. The first-order chi connectivity index (χ1) is 17.7. The third-order valence-electron chi connectivity index (χ3n) is 6.84. The monoisotopic (exact) mass is 534 g/mol. The van der Waals surface area contributed by atoms with E-state index in [2.05, 4.69) is 4.98 Å². The van der Waals surface area contributed by atoms with Gasteiger partial charge in [-0.1, -0.05) is 23.7 Å². The number of aliphatic carboxylic acids is 1. The van der Waals surface area contributed by atoms with Crippen LogP contribution in [-0.4, -0.2) is 58.6 Å². The summed E-state index contributed by atoms with van der Waals surface area (Å²) in [6, 6.07) is 7.20. The minimum Gasteiger partial charge on any atom is -0.481 e. The Hall–Kier alpha value is -3.32. The van der Waals surface area contributed by atoms with E-state index in [9.17, 15) is 19.7 Å². The second-order valence-corrected chi connectivity index (χ2v) is 9.43. The van der Waals surface area contributed by atoms with Gasteiger partial charge in [-0.15, -0.1) is 10.1 Å². The molecule has 1 unspecified atom stereocenters. The number of carbonyl (C=O) groups is 2. The Balaban J connectivity index is 1.54. The average molecular weight is 535 g/mol. The van der Waals surface area contributed by atoms with Gasteiger partial charge in [0.1, 0.15) is 12.2 Å². The summed E-state index contributed by atoms with van der Waals surface area (Å²) < 4.78 is 23.7. The van der Waals surface area contributed by atoms with Crippen LogP contribution in [0, 0.1) is 17.0 Å². The van der Waals surface area contributed by atoms with Crippen LogP contribution in [0.3, 0.4) is 0 Å². The maximum absolute atomic E-state index is 12.3. The van der Waals surface area contributed by atoms with Crippen LogP contribution in [0.4, 0.5) is 0 Å². The van der Waals surface area contributed by atoms with Crippen LogP contribution < -0.4 is 0 Å². The summed E-state index contributed by atoms with van der Waals surface area (Å²) in [4.78, 5) is 44.1. The minimum absolute atomic E-state index is 0.133. The number of aryl methyl sites for hydroxylation is 1. The second-order valence-electron chi connectivity index (χ2n) is 8.99. The Morgan fingerprint density at radius 2 is 2.00 bits per heavy atom. The Morgan fingerprint density at radius 3 is 2.70 bits per heavy atom. The van der Waals surface area contributed by atoms with E-state index >= 15 is 0 Å². The number of carboxylic acid groups (broad SMARTS) is 1. The van der Waals surface area contributed by atoms with Crippen molar-refractivity contribution in [2.75, 3.05) is 13.2 Å². The van der Waals surface area contributed by atoms with Crippen molar-refractivity contribution in [2.45, 2.75) is 56.4 Å². The number of benzene rings is 1. The van der Waals surface area contributed by atoms with E-state index in [1.165, 1.54) is 0 Å². The van der Waals surface area contributed by atoms with Crippen LogP contribution in [0.2, 0.25) is 5.02 Å². The molecular weight excluding hydrogens is 512 g/mol. The zero-order chi connectivity index (χ0) is 26.3. The largest absolute Gasteiger partial charge is 0.481 e. The highest BCUT2D eigenvalue weighted by Crippen LogP contribution is 2.52. The number of halogens is 1. The van der Waals surface area contributed by atoms with Gasteiger partial charge in [-0.25, -0.2) is 0 Å². The summed E-state index contributed by atoms with van der Waals surface area (Å²) in [7, 11) is 0. The van der Waals surface area contributed by atoms with Gasteiger partial charge in [0.15, 0.2) is 17.8 Å². The predicted molar refractivity (Wildman–Crippen MR) is 123 cm³/mol. The summed E-state index contributed by atoms with van der Waals surface area (Å²) >= 11 is 6.04. The molecule has 0 radical (unpaired) electrons. The van der Waals surface area contributed by atoms with Crippen LogP contribution in [0.25, 0.3) is 0 Å². The lowest BCUT2D eigenvalue weighted by atomic mass is 9.80. The van der Waals surface area contributed by atoms with E-state index < -0.39 is 53.5 Å². The zero-order valence-corrected chi connectivity index (χ0v) is 20.4. The van der Waals surface area contributed by atoms with Gasteiger partial charge in [-0.3, -0.25) is 14.6 Å². The van der Waals surface area contributed by atoms with E-state index in [0.717, 1.165) is 16.7 Å². The smallest absolute Gasteiger partial charge is 0.306 e. The molecular formula is C24H23ClN2O10. The number of hydrogen-bond donors (Lipinski definition) is 1. The molecule has 2 fully saturated rings. The lowest BCUT2D eigenvalue weighted by Crippen LogP contribution is -2.48. The summed E-state index contributed by atoms with van der Waals surface area (Å²) in [5.41, 5.74) is 1.90. The van der Waals surface area contributed by atoms with Gasteiger partial charge in [-0.2, -0.15) is 0 Å². The van der Waals surface area contributed by atoms with Gasteiger partial charge >= 0.3 is 11.9 Å². The molecule has 0 spiro atoms. The number of aromatic nitrogens is 1. The van der Waals surface area contributed by atoms with E-state index in [0.29, 0.717) is 16.3 Å². The van der Waals surface area contributed by atoms with Crippen molar-refractivity contribution in [3.63, 3.8) is 0 Å². The minimum atomic E-state index is -1.51.